The van der Waals surface area contributed by atoms with Gasteiger partial charge >= 0.3 is 0 Å². The molecule has 0 aliphatic heterocycles. The minimum absolute atomic E-state index is 0.0586. The van der Waals surface area contributed by atoms with Gasteiger partial charge in [-0.25, -0.2) is 4.98 Å². The zero-order chi connectivity index (χ0) is 19.1. The number of primary amides is 1. The summed E-state index contributed by atoms with van der Waals surface area (Å²) in [6.07, 6.45) is 8.63. The van der Waals surface area contributed by atoms with Crippen molar-refractivity contribution < 1.29 is 4.79 Å². The summed E-state index contributed by atoms with van der Waals surface area (Å²) >= 11 is 3.50. The summed E-state index contributed by atoms with van der Waals surface area (Å²) in [7, 11) is 0. The fourth-order valence-corrected chi connectivity index (χ4v) is 4.36. The van der Waals surface area contributed by atoms with Crippen LogP contribution in [0.25, 0.3) is 0 Å². The van der Waals surface area contributed by atoms with Crippen LogP contribution in [0, 0.1) is 17.8 Å². The zero-order valence-corrected chi connectivity index (χ0v) is 16.7. The number of carbonyl (C=O) groups is 1. The van der Waals surface area contributed by atoms with Gasteiger partial charge in [0.2, 0.25) is 11.9 Å². The molecule has 1 amide bonds. The highest BCUT2D eigenvalue weighted by atomic mass is 79.9. The van der Waals surface area contributed by atoms with E-state index in [-0.39, 0.29) is 29.7 Å². The second kappa shape index (κ2) is 6.95. The van der Waals surface area contributed by atoms with Crippen molar-refractivity contribution in [2.45, 2.75) is 32.2 Å². The van der Waals surface area contributed by atoms with E-state index in [1.807, 2.05) is 0 Å². The maximum atomic E-state index is 11.9. The molecule has 5 N–H and O–H groups in total. The van der Waals surface area contributed by atoms with E-state index in [0.717, 1.165) is 22.3 Å². The molecule has 0 aromatic carbocycles. The highest BCUT2D eigenvalue weighted by Crippen LogP contribution is 2.45. The third-order valence-electron chi connectivity index (χ3n) is 5.33. The van der Waals surface area contributed by atoms with Gasteiger partial charge in [0.25, 0.3) is 0 Å². The summed E-state index contributed by atoms with van der Waals surface area (Å²) in [5, 5.41) is 13.7. The first kappa shape index (κ1) is 18.0. The molecule has 1 fully saturated rings. The molecule has 142 valence electrons. The number of nitrogens with zero attached hydrogens (tertiary/aromatic N) is 3. The van der Waals surface area contributed by atoms with Gasteiger partial charge < -0.3 is 16.4 Å². The lowest BCUT2D eigenvalue weighted by Gasteiger charge is -2.27. The van der Waals surface area contributed by atoms with E-state index >= 15 is 0 Å². The lowest BCUT2D eigenvalue weighted by Crippen LogP contribution is -2.41. The van der Waals surface area contributed by atoms with E-state index in [1.165, 1.54) is 0 Å². The Balaban J connectivity index is 1.57. The summed E-state index contributed by atoms with van der Waals surface area (Å²) in [5.41, 5.74) is 7.48. The number of nitrogens with one attached hydrogen (secondary N) is 3. The molecular weight excluding hydrogens is 410 g/mol. The Kier molecular flexibility index (Phi) is 4.63. The Morgan fingerprint density at radius 1 is 1.33 bits per heavy atom. The van der Waals surface area contributed by atoms with Gasteiger partial charge in [-0.15, -0.1) is 0 Å². The molecule has 0 radical (unpaired) electrons. The Labute approximate surface area is 165 Å². The molecule has 2 aliphatic rings. The van der Waals surface area contributed by atoms with Crippen molar-refractivity contribution in [2.75, 3.05) is 10.6 Å². The molecule has 2 heterocycles. The predicted molar refractivity (Wildman–Crippen MR) is 107 cm³/mol. The molecule has 8 nitrogen and oxygen atoms in total. The van der Waals surface area contributed by atoms with Crippen molar-refractivity contribution in [2.24, 2.45) is 23.5 Å². The number of allylic oxidation sites excluding steroid dienone is 1. The van der Waals surface area contributed by atoms with Crippen LogP contribution in [-0.2, 0) is 4.79 Å². The van der Waals surface area contributed by atoms with Crippen LogP contribution in [0.3, 0.4) is 0 Å². The van der Waals surface area contributed by atoms with Gasteiger partial charge in [0.1, 0.15) is 5.82 Å². The fraction of sp³-hybridized carbons (Fsp3) is 0.444. The van der Waals surface area contributed by atoms with Crippen LogP contribution >= 0.6 is 15.9 Å². The number of carbonyl (C=O) groups excluding carboxylic acids is 1. The second-order valence-electron chi connectivity index (χ2n) is 7.41. The van der Waals surface area contributed by atoms with E-state index in [4.69, 9.17) is 5.73 Å². The SMILES string of the molecule is CC(C)c1[nH]ncc1Nc1ncc(Br)c(N[C@H]2[C@@H](C(N)=O)[C@@H]3C=C[C@H]2C3)n1. The number of anilines is 3. The smallest absolute Gasteiger partial charge is 0.229 e. The molecule has 9 heteroatoms. The average Bonchev–Trinajstić information content (AvgIpc) is 3.33. The molecule has 4 atom stereocenters. The third-order valence-corrected chi connectivity index (χ3v) is 5.91. The number of halogens is 1. The van der Waals surface area contributed by atoms with Crippen molar-refractivity contribution in [3.05, 3.63) is 34.7 Å². The lowest BCUT2D eigenvalue weighted by atomic mass is 9.88. The van der Waals surface area contributed by atoms with Gasteiger partial charge in [-0.05, 0) is 40.1 Å². The summed E-state index contributed by atoms with van der Waals surface area (Å²) in [5.74, 6) is 1.39. The molecule has 0 spiro atoms. The molecular formula is C18H22BrN7O. The first-order chi connectivity index (χ1) is 12.9. The molecule has 2 bridgehead atoms. The van der Waals surface area contributed by atoms with E-state index < -0.39 is 0 Å². The van der Waals surface area contributed by atoms with Crippen LogP contribution < -0.4 is 16.4 Å². The summed E-state index contributed by atoms with van der Waals surface area (Å²) in [6, 6.07) is -0.0586. The number of aromatic amines is 1. The Hall–Kier alpha value is -2.42. The number of aromatic nitrogens is 4. The van der Waals surface area contributed by atoms with E-state index in [1.54, 1.807) is 12.4 Å². The standard InChI is InChI=1S/C18H22BrN7O/c1-8(2)14-12(7-22-26-14)23-18-21-6-11(19)17(25-18)24-15-10-4-3-9(5-10)13(15)16(20)27/h3-4,6-10,13,15H,5H2,1-2H3,(H2,20,27)(H,22,26)(H2,21,23,24,25)/t9-,10+,13+,15-/m1/s1. The van der Waals surface area contributed by atoms with Gasteiger partial charge in [0.15, 0.2) is 0 Å². The number of nitrogens with two attached hydrogens (primary N) is 1. The monoisotopic (exact) mass is 431 g/mol. The molecule has 2 aliphatic carbocycles. The van der Waals surface area contributed by atoms with Gasteiger partial charge in [0.05, 0.1) is 28.0 Å². The number of hydrogen-bond donors (Lipinski definition) is 4. The third kappa shape index (κ3) is 3.31. The molecule has 0 saturated heterocycles. The lowest BCUT2D eigenvalue weighted by molar-refractivity contribution is -0.122. The largest absolute Gasteiger partial charge is 0.369 e. The number of hydrogen-bond acceptors (Lipinski definition) is 6. The molecule has 0 unspecified atom stereocenters. The van der Waals surface area contributed by atoms with Crippen LogP contribution in [0.2, 0.25) is 0 Å². The minimum atomic E-state index is -0.271. The molecule has 1 saturated carbocycles. The molecule has 2 aromatic heterocycles. The second-order valence-corrected chi connectivity index (χ2v) is 8.27. The summed E-state index contributed by atoms with van der Waals surface area (Å²) in [6.45, 7) is 4.17. The topological polar surface area (TPSA) is 122 Å². The Morgan fingerprint density at radius 3 is 2.85 bits per heavy atom. The first-order valence-electron chi connectivity index (χ1n) is 9.01. The van der Waals surface area contributed by atoms with E-state index in [9.17, 15) is 4.79 Å². The number of rotatable bonds is 6. The Bertz CT molecular complexity index is 894. The number of H-pyrrole nitrogens is 1. The van der Waals surface area contributed by atoms with Crippen molar-refractivity contribution in [1.82, 2.24) is 20.2 Å². The maximum Gasteiger partial charge on any atom is 0.229 e. The Morgan fingerprint density at radius 2 is 2.11 bits per heavy atom. The summed E-state index contributed by atoms with van der Waals surface area (Å²) in [4.78, 5) is 20.9. The van der Waals surface area contributed by atoms with E-state index in [0.29, 0.717) is 17.7 Å². The van der Waals surface area contributed by atoms with Crippen molar-refractivity contribution in [3.63, 3.8) is 0 Å². The van der Waals surface area contributed by atoms with Gasteiger partial charge in [0, 0.05) is 12.2 Å². The molecule has 2 aromatic rings. The van der Waals surface area contributed by atoms with Gasteiger partial charge in [-0.2, -0.15) is 10.1 Å². The van der Waals surface area contributed by atoms with Crippen LogP contribution in [0.15, 0.2) is 29.0 Å². The normalized spacial score (nSPS) is 25.9. The van der Waals surface area contributed by atoms with Crippen LogP contribution in [-0.4, -0.2) is 32.1 Å². The highest BCUT2D eigenvalue weighted by Gasteiger charge is 2.47. The minimum Gasteiger partial charge on any atom is -0.369 e. The van der Waals surface area contributed by atoms with Crippen molar-refractivity contribution in [1.29, 1.82) is 0 Å². The van der Waals surface area contributed by atoms with Crippen LogP contribution in [0.5, 0.6) is 0 Å². The van der Waals surface area contributed by atoms with Crippen molar-refractivity contribution in [3.8, 4) is 0 Å². The van der Waals surface area contributed by atoms with Crippen molar-refractivity contribution >= 4 is 39.3 Å². The summed E-state index contributed by atoms with van der Waals surface area (Å²) < 4.78 is 0.735. The van der Waals surface area contributed by atoms with Crippen LogP contribution in [0.1, 0.15) is 31.9 Å². The maximum absolute atomic E-state index is 11.9. The fourth-order valence-electron chi connectivity index (χ4n) is 4.05. The van der Waals surface area contributed by atoms with Gasteiger partial charge in [-0.3, -0.25) is 9.89 Å². The highest BCUT2D eigenvalue weighted by molar-refractivity contribution is 9.10. The van der Waals surface area contributed by atoms with Gasteiger partial charge in [-0.1, -0.05) is 26.0 Å². The molecule has 27 heavy (non-hydrogen) atoms. The molecule has 4 rings (SSSR count). The van der Waals surface area contributed by atoms with Crippen LogP contribution in [0.4, 0.5) is 17.5 Å². The number of amides is 1. The average molecular weight is 432 g/mol. The van der Waals surface area contributed by atoms with E-state index in [2.05, 4.69) is 72.7 Å². The number of fused-ring (bicyclic) bond motifs is 2. The first-order valence-corrected chi connectivity index (χ1v) is 9.80. The predicted octanol–water partition coefficient (Wildman–Crippen LogP) is 2.92. The zero-order valence-electron chi connectivity index (χ0n) is 15.1. The quantitative estimate of drug-likeness (QED) is 0.521.